The molecule has 0 spiro atoms. The van der Waals surface area contributed by atoms with Crippen molar-refractivity contribution in [2.24, 2.45) is 5.92 Å². The van der Waals surface area contributed by atoms with Crippen molar-refractivity contribution < 1.29 is 19.7 Å². The van der Waals surface area contributed by atoms with Gasteiger partial charge in [0.2, 0.25) is 0 Å². The Morgan fingerprint density at radius 2 is 1.58 bits per heavy atom. The van der Waals surface area contributed by atoms with E-state index in [9.17, 15) is 15.0 Å². The molecule has 0 aromatic carbocycles. The van der Waals surface area contributed by atoms with Gasteiger partial charge in [-0.25, -0.2) is 9.97 Å². The molecule has 6 rings (SSSR count). The molecule has 5 heterocycles. The Bertz CT molecular complexity index is 2420. The van der Waals surface area contributed by atoms with E-state index in [1.807, 2.05) is 25.1 Å². The van der Waals surface area contributed by atoms with Gasteiger partial charge in [0, 0.05) is 51.9 Å². The lowest BCUT2D eigenvalue weighted by Crippen LogP contribution is -2.10. The van der Waals surface area contributed by atoms with E-state index in [4.69, 9.17) is 14.7 Å². The molecule has 0 unspecified atom stereocenters. The van der Waals surface area contributed by atoms with Gasteiger partial charge in [-0.2, -0.15) is 0 Å². The minimum absolute atomic E-state index is 0.00105. The lowest BCUT2D eigenvalue weighted by Gasteiger charge is -2.18. The van der Waals surface area contributed by atoms with Gasteiger partial charge in [0.1, 0.15) is 12.4 Å². The Labute approximate surface area is 358 Å². The van der Waals surface area contributed by atoms with Crippen molar-refractivity contribution in [1.29, 1.82) is 0 Å². The van der Waals surface area contributed by atoms with Crippen molar-refractivity contribution in [3.63, 3.8) is 0 Å². The molecule has 0 saturated heterocycles. The van der Waals surface area contributed by atoms with Crippen LogP contribution in [0.2, 0.25) is 0 Å². The van der Waals surface area contributed by atoms with E-state index >= 15 is 0 Å². The lowest BCUT2D eigenvalue weighted by atomic mass is 9.84. The zero-order valence-corrected chi connectivity index (χ0v) is 38.2. The smallest absolute Gasteiger partial charge is 0.306 e. The Balaban J connectivity index is 1.38. The summed E-state index contributed by atoms with van der Waals surface area (Å²) in [6.45, 7) is 25.7. The van der Waals surface area contributed by atoms with Crippen LogP contribution in [-0.4, -0.2) is 48.8 Å². The second kappa shape index (κ2) is 18.8. The molecule has 320 valence electrons. The number of nitrogens with one attached hydrogen (secondary N) is 2. The molecule has 4 N–H and O–H groups in total. The fraction of sp³-hybridized carbons (Fsp3) is 0.481. The predicted molar refractivity (Wildman–Crippen MR) is 250 cm³/mol. The molecule has 3 aliphatic heterocycles. The second-order valence-electron chi connectivity index (χ2n) is 18.2. The summed E-state index contributed by atoms with van der Waals surface area (Å²) in [5.41, 5.74) is 18.9. The van der Waals surface area contributed by atoms with Crippen LogP contribution in [0.25, 0.3) is 45.2 Å². The third kappa shape index (κ3) is 9.34. The maximum Gasteiger partial charge on any atom is 0.306 e. The normalized spacial score (nSPS) is 17.7. The monoisotopic (exact) mass is 813 g/mol. The van der Waals surface area contributed by atoms with Gasteiger partial charge >= 0.3 is 5.97 Å². The summed E-state index contributed by atoms with van der Waals surface area (Å²) in [5.74, 6) is 0.368. The number of aromatic nitrogens is 4. The quantitative estimate of drug-likeness (QED) is 0.105. The summed E-state index contributed by atoms with van der Waals surface area (Å²) < 4.78 is 5.78. The summed E-state index contributed by atoms with van der Waals surface area (Å²) in [7, 11) is 0. The van der Waals surface area contributed by atoms with Crippen LogP contribution in [-0.2, 0) is 16.0 Å². The molecule has 2 aromatic rings. The summed E-state index contributed by atoms with van der Waals surface area (Å²) >= 11 is 0. The highest BCUT2D eigenvalue weighted by Crippen LogP contribution is 2.48. The Kier molecular flexibility index (Phi) is 13.9. The van der Waals surface area contributed by atoms with Gasteiger partial charge in [0.05, 0.1) is 34.4 Å². The molecule has 8 bridgehead atoms. The maximum atomic E-state index is 13.3. The van der Waals surface area contributed by atoms with Crippen molar-refractivity contribution in [3.05, 3.63) is 103 Å². The molecule has 2 aromatic heterocycles. The van der Waals surface area contributed by atoms with Gasteiger partial charge < -0.3 is 24.9 Å². The molecule has 0 radical (unpaired) electrons. The van der Waals surface area contributed by atoms with Crippen molar-refractivity contribution in [2.75, 3.05) is 6.61 Å². The van der Waals surface area contributed by atoms with Gasteiger partial charge in [0.25, 0.3) is 0 Å². The largest absolute Gasteiger partial charge is 0.507 e. The number of hydrogen-bond acceptors (Lipinski definition) is 6. The summed E-state index contributed by atoms with van der Waals surface area (Å²) in [4.78, 5) is 31.4. The van der Waals surface area contributed by atoms with E-state index in [0.29, 0.717) is 12.3 Å². The number of aromatic amines is 2. The summed E-state index contributed by atoms with van der Waals surface area (Å²) in [5, 5.41) is 22.8. The zero-order chi connectivity index (χ0) is 43.6. The number of aliphatic hydroxyl groups is 2. The van der Waals surface area contributed by atoms with Crippen molar-refractivity contribution in [1.82, 2.24) is 19.9 Å². The number of hydrogen-bond donors (Lipinski definition) is 4. The minimum atomic E-state index is -0.726. The van der Waals surface area contributed by atoms with Gasteiger partial charge in [-0.1, -0.05) is 56.6 Å². The Morgan fingerprint density at radius 1 is 0.883 bits per heavy atom. The maximum absolute atomic E-state index is 13.3. The molecule has 8 heteroatoms. The fourth-order valence-corrected chi connectivity index (χ4v) is 9.42. The van der Waals surface area contributed by atoms with Crippen molar-refractivity contribution in [3.8, 4) is 0 Å². The second-order valence-corrected chi connectivity index (χ2v) is 18.2. The van der Waals surface area contributed by atoms with Crippen LogP contribution in [0.1, 0.15) is 189 Å². The number of nitrogens with zero attached hydrogens (tertiary/aromatic N) is 2. The average molecular weight is 813 g/mol. The van der Waals surface area contributed by atoms with E-state index in [1.165, 1.54) is 22.3 Å². The predicted octanol–water partition coefficient (Wildman–Crippen LogP) is 13.2. The van der Waals surface area contributed by atoms with Crippen LogP contribution >= 0.6 is 0 Å². The van der Waals surface area contributed by atoms with E-state index in [0.717, 1.165) is 123 Å². The van der Waals surface area contributed by atoms with Gasteiger partial charge in [-0.05, 0) is 158 Å². The number of allylic oxidation sites excluding steroid dienone is 8. The molecule has 1 aliphatic carbocycles. The molecule has 3 atom stereocenters. The SMILES string of the molecule is CCc1c2c3[nH]c1cc1nc(cc4nc(c(C)c5[nH]c(c3C=C2O)[C@@H](CCC(=O)OC/C=C(\C)CC/C=C(\C)CCC=C(C)C)[C@@H]5C)C(C)=C4[C@@H](C)O)C(C)=C1CC(C)C. The topological polar surface area (TPSA) is 124 Å². The number of ether oxygens (including phenoxy) is 1. The summed E-state index contributed by atoms with van der Waals surface area (Å²) in [6.07, 6.45) is 14.3. The minimum Gasteiger partial charge on any atom is -0.507 e. The third-order valence-corrected chi connectivity index (χ3v) is 12.7. The van der Waals surface area contributed by atoms with E-state index in [-0.39, 0.29) is 36.6 Å². The number of carbonyl (C=O) groups is 1. The van der Waals surface area contributed by atoms with Gasteiger partial charge in [-0.3, -0.25) is 4.79 Å². The Hall–Kier alpha value is -4.95. The zero-order valence-electron chi connectivity index (χ0n) is 38.2. The Morgan fingerprint density at radius 3 is 2.25 bits per heavy atom. The molecule has 4 aliphatic rings. The first-order valence-corrected chi connectivity index (χ1v) is 22.2. The first-order chi connectivity index (χ1) is 28.5. The summed E-state index contributed by atoms with van der Waals surface area (Å²) in [6, 6.07) is 4.18. The number of fused-ring (bicyclic) bond motifs is 8. The molecular formula is C52H68N4O4. The van der Waals surface area contributed by atoms with Crippen molar-refractivity contribution >= 4 is 51.1 Å². The van der Waals surface area contributed by atoms with Crippen LogP contribution in [0.5, 0.6) is 0 Å². The first kappa shape index (κ1) is 44.6. The molecule has 8 nitrogen and oxygen atoms in total. The molecule has 0 saturated carbocycles. The fourth-order valence-electron chi connectivity index (χ4n) is 9.42. The number of aliphatic hydroxyl groups excluding tert-OH is 2. The number of aryl methyl sites for hydroxylation is 1. The molecule has 60 heavy (non-hydrogen) atoms. The highest BCUT2D eigenvalue weighted by atomic mass is 16.5. The lowest BCUT2D eigenvalue weighted by molar-refractivity contribution is -0.142. The third-order valence-electron chi connectivity index (χ3n) is 12.7. The van der Waals surface area contributed by atoms with E-state index < -0.39 is 6.10 Å². The van der Waals surface area contributed by atoms with Crippen molar-refractivity contribution in [2.45, 2.75) is 152 Å². The number of esters is 1. The number of carbonyl (C=O) groups excluding carboxylic acids is 1. The van der Waals surface area contributed by atoms with Crippen LogP contribution in [0.3, 0.4) is 0 Å². The van der Waals surface area contributed by atoms with Crippen LogP contribution < -0.4 is 0 Å². The van der Waals surface area contributed by atoms with Crippen LogP contribution in [0.4, 0.5) is 0 Å². The highest BCUT2D eigenvalue weighted by molar-refractivity contribution is 6.02. The molecular weight excluding hydrogens is 745 g/mol. The highest BCUT2D eigenvalue weighted by Gasteiger charge is 2.35. The first-order valence-electron chi connectivity index (χ1n) is 22.2. The van der Waals surface area contributed by atoms with E-state index in [2.05, 4.69) is 97.4 Å². The van der Waals surface area contributed by atoms with Crippen LogP contribution in [0.15, 0.2) is 47.1 Å². The standard InChI is InChI=1S/C52H68N4O4/c1-13-37-42-27-43-39(24-29(4)5)32(8)41(53-43)26-44-47(36(12)57)34(10)50(55-44)35(11)49-33(9)38(51(56-49)40-25-45(58)48(37)52(40)54-42)20-21-46(59)60-23-22-31(7)19-15-18-30(6)17-14-16-28(2)3/h16,18,22,25-27,29,33,36,38,54,56-58H,13-15,17,19-21,23-24H2,1-12H3/b30-18+,31-22+,43-27?,44-26?,49-35?,51-40?/t33-,36+,38-/m0/s1. The van der Waals surface area contributed by atoms with E-state index in [1.54, 1.807) is 6.92 Å². The van der Waals surface area contributed by atoms with Gasteiger partial charge in [0.15, 0.2) is 0 Å². The average Bonchev–Trinajstić information content (AvgIpc) is 3.95. The van der Waals surface area contributed by atoms with Crippen LogP contribution in [0, 0.1) is 12.8 Å². The molecule has 0 amide bonds. The molecule has 0 fully saturated rings. The number of H-pyrrole nitrogens is 2. The number of rotatable bonds is 15. The van der Waals surface area contributed by atoms with Gasteiger partial charge in [-0.15, -0.1) is 0 Å².